The fraction of sp³-hybridized carbons (Fsp3) is 0.667. The largest absolute Gasteiger partial charge is 0.394 e. The van der Waals surface area contributed by atoms with Gasteiger partial charge in [-0.15, -0.1) is 0 Å². The normalized spacial score (nSPS) is 23.5. The van der Waals surface area contributed by atoms with E-state index in [1.807, 2.05) is 6.08 Å². The van der Waals surface area contributed by atoms with Crippen molar-refractivity contribution in [3.8, 4) is 0 Å². The molecule has 1 aliphatic rings. The van der Waals surface area contributed by atoms with Crippen molar-refractivity contribution in [3.63, 3.8) is 0 Å². The fourth-order valence-electron chi connectivity index (χ4n) is 5.04. The lowest BCUT2D eigenvalue weighted by atomic mass is 9.99. The highest BCUT2D eigenvalue weighted by Gasteiger charge is 2.44. The second-order valence-corrected chi connectivity index (χ2v) is 12.3. The van der Waals surface area contributed by atoms with Crippen LogP contribution < -0.4 is 5.32 Å². The van der Waals surface area contributed by atoms with E-state index in [1.54, 1.807) is 6.08 Å². The molecule has 1 saturated heterocycles. The molecule has 6 N–H and O–H groups in total. The van der Waals surface area contributed by atoms with Crippen molar-refractivity contribution in [1.29, 1.82) is 0 Å². The van der Waals surface area contributed by atoms with Gasteiger partial charge in [0.1, 0.15) is 24.4 Å². The average molecular weight is 676 g/mol. The first-order chi connectivity index (χ1) is 23.3. The molecular weight excluding hydrogens is 610 g/mol. The highest BCUT2D eigenvalue weighted by atomic mass is 16.7. The molecule has 0 radical (unpaired) electrons. The van der Waals surface area contributed by atoms with Crippen molar-refractivity contribution in [2.24, 2.45) is 0 Å². The summed E-state index contributed by atoms with van der Waals surface area (Å²) in [6.07, 6.45) is 31.0. The Morgan fingerprint density at radius 2 is 1.31 bits per heavy atom. The van der Waals surface area contributed by atoms with Crippen LogP contribution in [0.1, 0.15) is 110 Å². The van der Waals surface area contributed by atoms with Crippen molar-refractivity contribution >= 4 is 5.91 Å². The van der Waals surface area contributed by atoms with Crippen LogP contribution in [0.2, 0.25) is 0 Å². The second kappa shape index (κ2) is 29.5. The van der Waals surface area contributed by atoms with Crippen molar-refractivity contribution < 1.29 is 39.8 Å². The highest BCUT2D eigenvalue weighted by molar-refractivity contribution is 5.76. The minimum atomic E-state index is -1.58. The first-order valence-corrected chi connectivity index (χ1v) is 18.2. The van der Waals surface area contributed by atoms with Gasteiger partial charge in [0, 0.05) is 6.42 Å². The number of carbonyl (C=O) groups is 1. The van der Waals surface area contributed by atoms with Crippen molar-refractivity contribution in [1.82, 2.24) is 5.32 Å². The Hall–Kier alpha value is -2.37. The summed E-state index contributed by atoms with van der Waals surface area (Å²) in [5, 5.41) is 53.7. The van der Waals surface area contributed by atoms with Crippen LogP contribution in [0.25, 0.3) is 0 Å². The topological polar surface area (TPSA) is 149 Å². The minimum absolute atomic E-state index is 0.223. The van der Waals surface area contributed by atoms with E-state index in [9.17, 15) is 30.3 Å². The molecule has 0 aromatic heterocycles. The van der Waals surface area contributed by atoms with Crippen molar-refractivity contribution in [2.45, 2.75) is 153 Å². The highest BCUT2D eigenvalue weighted by Crippen LogP contribution is 2.22. The number of amides is 1. The van der Waals surface area contributed by atoms with Gasteiger partial charge in [0.2, 0.25) is 5.91 Å². The van der Waals surface area contributed by atoms with Gasteiger partial charge in [0.05, 0.1) is 25.4 Å². The van der Waals surface area contributed by atoms with E-state index in [0.29, 0.717) is 6.42 Å². The molecule has 0 saturated carbocycles. The summed E-state index contributed by atoms with van der Waals surface area (Å²) in [5.74, 6) is -0.235. The number of carbonyl (C=O) groups excluding carboxylic acids is 1. The fourth-order valence-corrected chi connectivity index (χ4v) is 5.04. The predicted molar refractivity (Wildman–Crippen MR) is 193 cm³/mol. The summed E-state index contributed by atoms with van der Waals surface area (Å²) in [6.45, 7) is 3.53. The van der Waals surface area contributed by atoms with Crippen LogP contribution in [0.5, 0.6) is 0 Å². The number of unbranched alkanes of at least 4 members (excludes halogenated alkanes) is 7. The molecule has 7 atom stereocenters. The van der Waals surface area contributed by atoms with Gasteiger partial charge in [0.15, 0.2) is 6.29 Å². The molecule has 0 aliphatic carbocycles. The summed E-state index contributed by atoms with van der Waals surface area (Å²) >= 11 is 0. The molecule has 1 aliphatic heterocycles. The maximum absolute atomic E-state index is 12.8. The quantitative estimate of drug-likeness (QED) is 0.0468. The third-order valence-corrected chi connectivity index (χ3v) is 8.01. The van der Waals surface area contributed by atoms with Gasteiger partial charge in [-0.3, -0.25) is 4.79 Å². The lowest BCUT2D eigenvalue weighted by molar-refractivity contribution is -0.302. The van der Waals surface area contributed by atoms with E-state index in [-0.39, 0.29) is 18.9 Å². The Kier molecular flexibility index (Phi) is 26.9. The molecular formula is C39H65NO8. The van der Waals surface area contributed by atoms with Crippen LogP contribution in [0.3, 0.4) is 0 Å². The lowest BCUT2D eigenvalue weighted by Crippen LogP contribution is -2.60. The van der Waals surface area contributed by atoms with Gasteiger partial charge in [-0.2, -0.15) is 0 Å². The van der Waals surface area contributed by atoms with Crippen molar-refractivity contribution in [2.75, 3.05) is 13.2 Å². The van der Waals surface area contributed by atoms with E-state index in [2.05, 4.69) is 79.9 Å². The molecule has 0 aromatic carbocycles. The molecule has 0 aromatic rings. The SMILES string of the molecule is CC/C=C\C/C=C\C/C=C\C/C=C\CCCCC(=O)NC(COC1OC(CO)C(O)C(O)C1O)C(O)/C=C/CC/C=C/CCCCCC. The third kappa shape index (κ3) is 20.9. The second-order valence-electron chi connectivity index (χ2n) is 12.3. The zero-order valence-electron chi connectivity index (χ0n) is 29.5. The average Bonchev–Trinajstić information content (AvgIpc) is 3.08. The van der Waals surface area contributed by atoms with Crippen LogP contribution in [0.4, 0.5) is 0 Å². The molecule has 9 nitrogen and oxygen atoms in total. The predicted octanol–water partition coefficient (Wildman–Crippen LogP) is 5.88. The number of hydrogen-bond donors (Lipinski definition) is 6. The summed E-state index contributed by atoms with van der Waals surface area (Å²) in [6, 6.07) is -0.843. The molecule has 1 fully saturated rings. The Bertz CT molecular complexity index is 973. The molecule has 0 spiro atoms. The molecule has 1 heterocycles. The van der Waals surface area contributed by atoms with E-state index in [4.69, 9.17) is 9.47 Å². The van der Waals surface area contributed by atoms with Gasteiger partial charge in [-0.1, -0.05) is 106 Å². The molecule has 7 unspecified atom stereocenters. The van der Waals surface area contributed by atoms with Crippen LogP contribution in [-0.4, -0.2) is 87.5 Å². The molecule has 1 rings (SSSR count). The van der Waals surface area contributed by atoms with Gasteiger partial charge >= 0.3 is 0 Å². The number of ether oxygens (including phenoxy) is 2. The lowest BCUT2D eigenvalue weighted by Gasteiger charge is -2.40. The summed E-state index contributed by atoms with van der Waals surface area (Å²) in [7, 11) is 0. The number of aliphatic hydroxyl groups is 5. The maximum Gasteiger partial charge on any atom is 0.220 e. The number of rotatable bonds is 27. The zero-order chi connectivity index (χ0) is 35.2. The van der Waals surface area contributed by atoms with E-state index >= 15 is 0 Å². The van der Waals surface area contributed by atoms with Gasteiger partial charge in [-0.05, 0) is 70.6 Å². The minimum Gasteiger partial charge on any atom is -0.394 e. The van der Waals surface area contributed by atoms with Crippen molar-refractivity contribution in [3.05, 3.63) is 72.9 Å². The zero-order valence-corrected chi connectivity index (χ0v) is 29.5. The number of nitrogens with one attached hydrogen (secondary N) is 1. The smallest absolute Gasteiger partial charge is 0.220 e. The first kappa shape index (κ1) is 43.7. The van der Waals surface area contributed by atoms with Crippen LogP contribution in [0.15, 0.2) is 72.9 Å². The third-order valence-electron chi connectivity index (χ3n) is 8.01. The first-order valence-electron chi connectivity index (χ1n) is 18.2. The van der Waals surface area contributed by atoms with Gasteiger partial charge in [0.25, 0.3) is 0 Å². The van der Waals surface area contributed by atoms with Crippen LogP contribution >= 0.6 is 0 Å². The summed E-state index contributed by atoms with van der Waals surface area (Å²) < 4.78 is 11.1. The Balaban J connectivity index is 2.54. The molecule has 0 bridgehead atoms. The molecule has 1 amide bonds. The number of aliphatic hydroxyl groups excluding tert-OH is 5. The Morgan fingerprint density at radius 3 is 1.96 bits per heavy atom. The Morgan fingerprint density at radius 1 is 0.729 bits per heavy atom. The monoisotopic (exact) mass is 675 g/mol. The Labute approximate surface area is 289 Å². The number of hydrogen-bond acceptors (Lipinski definition) is 8. The number of allylic oxidation sites excluding steroid dienone is 11. The van der Waals surface area contributed by atoms with E-state index < -0.39 is 49.5 Å². The van der Waals surface area contributed by atoms with Gasteiger partial charge in [-0.25, -0.2) is 0 Å². The molecule has 9 heteroatoms. The molecule has 48 heavy (non-hydrogen) atoms. The van der Waals surface area contributed by atoms with E-state index in [1.165, 1.54) is 25.7 Å². The summed E-state index contributed by atoms with van der Waals surface area (Å²) in [4.78, 5) is 12.8. The van der Waals surface area contributed by atoms with Crippen LogP contribution in [0, 0.1) is 0 Å². The van der Waals surface area contributed by atoms with Gasteiger partial charge < -0.3 is 40.3 Å². The van der Waals surface area contributed by atoms with E-state index in [0.717, 1.165) is 57.8 Å². The standard InChI is InChI=1S/C39H65NO8/c1-3-5-7-9-11-13-15-16-17-18-19-21-23-25-27-29-35(43)40-32(31-47-39-38(46)37(45)36(44)34(30-41)48-39)33(42)28-26-24-22-20-14-12-10-8-6-4-2/h5,7,11,13-14,16-17,19-21,26,28,32-34,36-39,41-42,44-46H,3-4,6,8-10,12,15,18,22-25,27,29-31H2,1-2H3,(H,40,43)/b7-5-,13-11-,17-16-,20-14+,21-19-,28-26+. The summed E-state index contributed by atoms with van der Waals surface area (Å²) in [5.41, 5.74) is 0. The van der Waals surface area contributed by atoms with Crippen LogP contribution in [-0.2, 0) is 14.3 Å². The maximum atomic E-state index is 12.8. The molecule has 274 valence electrons.